The molecule has 0 saturated carbocycles. The Labute approximate surface area is 163 Å². The van der Waals surface area contributed by atoms with E-state index in [0.29, 0.717) is 17.8 Å². The maximum atomic E-state index is 13.1. The SMILES string of the molecule is CN(C)C(CNC(=O)c1ccc(=O)n(-c2ccc(F)cc2)c1)c1ccccc1. The van der Waals surface area contributed by atoms with Gasteiger partial charge in [-0.25, -0.2) is 4.39 Å². The van der Waals surface area contributed by atoms with Gasteiger partial charge in [0.1, 0.15) is 5.82 Å². The molecule has 0 aliphatic heterocycles. The number of rotatable bonds is 6. The van der Waals surface area contributed by atoms with Crippen molar-refractivity contribution >= 4 is 5.91 Å². The summed E-state index contributed by atoms with van der Waals surface area (Å²) in [6, 6.07) is 18.3. The maximum Gasteiger partial charge on any atom is 0.255 e. The van der Waals surface area contributed by atoms with Crippen molar-refractivity contribution in [2.45, 2.75) is 6.04 Å². The number of pyridine rings is 1. The van der Waals surface area contributed by atoms with Gasteiger partial charge in [0, 0.05) is 24.5 Å². The molecule has 0 fully saturated rings. The number of hydrogen-bond donors (Lipinski definition) is 1. The van der Waals surface area contributed by atoms with E-state index in [2.05, 4.69) is 5.32 Å². The summed E-state index contributed by atoms with van der Waals surface area (Å²) in [4.78, 5) is 26.8. The molecular formula is C22H22FN3O2. The molecule has 1 unspecified atom stereocenters. The van der Waals surface area contributed by atoms with Gasteiger partial charge in [0.05, 0.1) is 11.6 Å². The smallest absolute Gasteiger partial charge is 0.255 e. The molecule has 0 radical (unpaired) electrons. The van der Waals surface area contributed by atoms with E-state index in [4.69, 9.17) is 0 Å². The Morgan fingerprint density at radius 1 is 1.04 bits per heavy atom. The molecule has 0 saturated heterocycles. The number of benzene rings is 2. The molecule has 0 aliphatic carbocycles. The van der Waals surface area contributed by atoms with Crippen LogP contribution in [0.1, 0.15) is 22.0 Å². The predicted molar refractivity (Wildman–Crippen MR) is 107 cm³/mol. The molecular weight excluding hydrogens is 357 g/mol. The summed E-state index contributed by atoms with van der Waals surface area (Å²) in [6.45, 7) is 0.422. The van der Waals surface area contributed by atoms with Crippen molar-refractivity contribution in [3.05, 3.63) is 100 Å². The third kappa shape index (κ3) is 4.53. The molecule has 6 heteroatoms. The number of nitrogens with zero attached hydrogens (tertiary/aromatic N) is 2. The minimum Gasteiger partial charge on any atom is -0.350 e. The zero-order valence-corrected chi connectivity index (χ0v) is 15.8. The van der Waals surface area contributed by atoms with Crippen molar-refractivity contribution < 1.29 is 9.18 Å². The van der Waals surface area contributed by atoms with Gasteiger partial charge in [0.2, 0.25) is 0 Å². The molecule has 2 aromatic carbocycles. The minimum absolute atomic E-state index is 0.0214. The van der Waals surface area contributed by atoms with Crippen LogP contribution in [0, 0.1) is 5.82 Å². The summed E-state index contributed by atoms with van der Waals surface area (Å²) in [5.74, 6) is -0.667. The summed E-state index contributed by atoms with van der Waals surface area (Å²) in [6.07, 6.45) is 1.47. The quantitative estimate of drug-likeness (QED) is 0.716. The highest BCUT2D eigenvalue weighted by atomic mass is 19.1. The summed E-state index contributed by atoms with van der Waals surface area (Å²) in [7, 11) is 3.91. The third-order valence-corrected chi connectivity index (χ3v) is 4.54. The fourth-order valence-corrected chi connectivity index (χ4v) is 2.99. The lowest BCUT2D eigenvalue weighted by Crippen LogP contribution is -2.35. The number of carbonyl (C=O) groups excluding carboxylic acids is 1. The number of carbonyl (C=O) groups is 1. The van der Waals surface area contributed by atoms with Gasteiger partial charge in [-0.2, -0.15) is 0 Å². The lowest BCUT2D eigenvalue weighted by atomic mass is 10.1. The second-order valence-corrected chi connectivity index (χ2v) is 6.70. The Hall–Kier alpha value is -3.25. The van der Waals surface area contributed by atoms with E-state index in [1.807, 2.05) is 49.3 Å². The molecule has 3 rings (SSSR count). The van der Waals surface area contributed by atoms with Crippen LogP contribution in [0.2, 0.25) is 0 Å². The molecule has 1 atom stereocenters. The van der Waals surface area contributed by atoms with Gasteiger partial charge in [-0.05, 0) is 50.0 Å². The van der Waals surface area contributed by atoms with Gasteiger partial charge < -0.3 is 10.2 Å². The zero-order valence-electron chi connectivity index (χ0n) is 15.8. The van der Waals surface area contributed by atoms with Gasteiger partial charge in [-0.3, -0.25) is 14.2 Å². The van der Waals surface area contributed by atoms with Crippen molar-refractivity contribution in [1.82, 2.24) is 14.8 Å². The summed E-state index contributed by atoms with van der Waals surface area (Å²) < 4.78 is 14.5. The Balaban J connectivity index is 1.78. The fourth-order valence-electron chi connectivity index (χ4n) is 2.99. The van der Waals surface area contributed by atoms with Crippen molar-refractivity contribution in [3.8, 4) is 5.69 Å². The first-order chi connectivity index (χ1) is 13.5. The van der Waals surface area contributed by atoms with E-state index >= 15 is 0 Å². The number of nitrogens with one attached hydrogen (secondary N) is 1. The molecule has 0 bridgehead atoms. The average Bonchev–Trinajstić information content (AvgIpc) is 2.69. The van der Waals surface area contributed by atoms with E-state index in [9.17, 15) is 14.0 Å². The Morgan fingerprint density at radius 2 is 1.71 bits per heavy atom. The number of halogens is 1. The molecule has 144 valence electrons. The Kier molecular flexibility index (Phi) is 6.01. The Bertz CT molecular complexity index is 998. The lowest BCUT2D eigenvalue weighted by molar-refractivity contribution is 0.0941. The topological polar surface area (TPSA) is 54.3 Å². The molecule has 1 N–H and O–H groups in total. The molecule has 1 aromatic heterocycles. The first-order valence-corrected chi connectivity index (χ1v) is 8.94. The first-order valence-electron chi connectivity index (χ1n) is 8.94. The van der Waals surface area contributed by atoms with E-state index < -0.39 is 0 Å². The molecule has 5 nitrogen and oxygen atoms in total. The van der Waals surface area contributed by atoms with Crippen molar-refractivity contribution in [2.24, 2.45) is 0 Å². The zero-order chi connectivity index (χ0) is 20.1. The van der Waals surface area contributed by atoms with Crippen LogP contribution in [0.15, 0.2) is 77.7 Å². The van der Waals surface area contributed by atoms with Crippen LogP contribution in [0.5, 0.6) is 0 Å². The van der Waals surface area contributed by atoms with Gasteiger partial charge in [-0.1, -0.05) is 30.3 Å². The van der Waals surface area contributed by atoms with E-state index in [-0.39, 0.29) is 23.3 Å². The molecule has 0 aliphatic rings. The largest absolute Gasteiger partial charge is 0.350 e. The highest BCUT2D eigenvalue weighted by molar-refractivity contribution is 5.93. The number of amides is 1. The van der Waals surface area contributed by atoms with Crippen LogP contribution in [-0.2, 0) is 0 Å². The second-order valence-electron chi connectivity index (χ2n) is 6.70. The van der Waals surface area contributed by atoms with Gasteiger partial charge in [0.25, 0.3) is 11.5 Å². The van der Waals surface area contributed by atoms with E-state index in [1.165, 1.54) is 47.2 Å². The van der Waals surface area contributed by atoms with Crippen molar-refractivity contribution in [3.63, 3.8) is 0 Å². The summed E-state index contributed by atoms with van der Waals surface area (Å²) >= 11 is 0. The van der Waals surface area contributed by atoms with E-state index in [1.54, 1.807) is 0 Å². The van der Waals surface area contributed by atoms with Gasteiger partial charge in [0.15, 0.2) is 0 Å². The average molecular weight is 379 g/mol. The molecule has 1 amide bonds. The molecule has 3 aromatic rings. The normalized spacial score (nSPS) is 12.0. The van der Waals surface area contributed by atoms with Gasteiger partial charge in [-0.15, -0.1) is 0 Å². The highest BCUT2D eigenvalue weighted by Gasteiger charge is 2.16. The molecule has 0 spiro atoms. The molecule has 28 heavy (non-hydrogen) atoms. The van der Waals surface area contributed by atoms with E-state index in [0.717, 1.165) is 5.56 Å². The number of aromatic nitrogens is 1. The number of likely N-dealkylation sites (N-methyl/N-ethyl adjacent to an activating group) is 1. The maximum absolute atomic E-state index is 13.1. The van der Waals surface area contributed by atoms with Crippen molar-refractivity contribution in [1.29, 1.82) is 0 Å². The van der Waals surface area contributed by atoms with Crippen LogP contribution in [0.4, 0.5) is 4.39 Å². The monoisotopic (exact) mass is 379 g/mol. The van der Waals surface area contributed by atoms with Crippen LogP contribution in [0.3, 0.4) is 0 Å². The Morgan fingerprint density at radius 3 is 2.36 bits per heavy atom. The lowest BCUT2D eigenvalue weighted by Gasteiger charge is -2.25. The summed E-state index contributed by atoms with van der Waals surface area (Å²) in [5.41, 5.74) is 1.66. The van der Waals surface area contributed by atoms with Crippen molar-refractivity contribution in [2.75, 3.05) is 20.6 Å². The first kappa shape index (κ1) is 19.5. The highest BCUT2D eigenvalue weighted by Crippen LogP contribution is 2.17. The van der Waals surface area contributed by atoms with Crippen LogP contribution >= 0.6 is 0 Å². The van der Waals surface area contributed by atoms with Crippen LogP contribution in [0.25, 0.3) is 5.69 Å². The third-order valence-electron chi connectivity index (χ3n) is 4.54. The van der Waals surface area contributed by atoms with Crippen LogP contribution < -0.4 is 10.9 Å². The fraction of sp³-hybridized carbons (Fsp3) is 0.182. The van der Waals surface area contributed by atoms with Crippen LogP contribution in [-0.4, -0.2) is 36.0 Å². The number of hydrogen-bond acceptors (Lipinski definition) is 3. The second kappa shape index (κ2) is 8.63. The molecule has 1 heterocycles. The minimum atomic E-state index is -0.388. The predicted octanol–water partition coefficient (Wildman–Crippen LogP) is 3.01. The summed E-state index contributed by atoms with van der Waals surface area (Å²) in [5, 5.41) is 2.93. The standard InChI is InChI=1S/C22H22FN3O2/c1-25(2)20(16-6-4-3-5-7-16)14-24-22(28)17-8-13-21(27)26(15-17)19-11-9-18(23)10-12-19/h3-13,15,20H,14H2,1-2H3,(H,24,28). The van der Waals surface area contributed by atoms with Gasteiger partial charge >= 0.3 is 0 Å².